The molecule has 1 saturated heterocycles. The zero-order valence-electron chi connectivity index (χ0n) is 33.6. The number of hydrogen-bond donors (Lipinski definition) is 4. The Morgan fingerprint density at radius 3 is 1.72 bits per heavy atom. The normalized spacial score (nSPS) is 20.3. The molecule has 12 nitrogen and oxygen atoms in total. The molecule has 0 aliphatic carbocycles. The van der Waals surface area contributed by atoms with Crippen LogP contribution in [0.2, 0.25) is 0 Å². The van der Waals surface area contributed by atoms with Gasteiger partial charge in [-0.3, -0.25) is 9.69 Å². The lowest BCUT2D eigenvalue weighted by Gasteiger charge is -2.49. The van der Waals surface area contributed by atoms with Crippen LogP contribution >= 0.6 is 0 Å². The minimum absolute atomic E-state index is 0.134. The van der Waals surface area contributed by atoms with Crippen LogP contribution in [0, 0.1) is 0 Å². The molecule has 12 heteroatoms. The minimum Gasteiger partial charge on any atom is -0.449 e. The predicted molar refractivity (Wildman–Crippen MR) is 210 cm³/mol. The Bertz CT molecular complexity index is 1140. The van der Waals surface area contributed by atoms with Gasteiger partial charge in [0, 0.05) is 6.54 Å². The van der Waals surface area contributed by atoms with Crippen LogP contribution in [-0.4, -0.2) is 99.6 Å². The Hall–Kier alpha value is -2.77. The first-order chi connectivity index (χ1) is 26.2. The molecule has 6 atom stereocenters. The highest BCUT2D eigenvalue weighted by molar-refractivity contribution is 5.95. The number of ether oxygens (including phenoxy) is 3. The summed E-state index contributed by atoms with van der Waals surface area (Å²) in [4.78, 5) is 43.2. The Labute approximate surface area is 325 Å². The summed E-state index contributed by atoms with van der Waals surface area (Å²) in [5.74, 6) is -0.891. The number of aliphatic hydroxyl groups excluding tert-OH is 3. The van der Waals surface area contributed by atoms with Gasteiger partial charge in [0.1, 0.15) is 31.0 Å². The van der Waals surface area contributed by atoms with Gasteiger partial charge in [-0.2, -0.15) is 0 Å². The van der Waals surface area contributed by atoms with Crippen LogP contribution in [-0.2, 0) is 25.6 Å². The highest BCUT2D eigenvalue weighted by atomic mass is 16.6. The van der Waals surface area contributed by atoms with E-state index in [1.54, 1.807) is 24.3 Å². The van der Waals surface area contributed by atoms with Gasteiger partial charge in [0.25, 0.3) is 0 Å². The molecule has 0 unspecified atom stereocenters. The van der Waals surface area contributed by atoms with Gasteiger partial charge in [-0.15, -0.1) is 0 Å². The Morgan fingerprint density at radius 2 is 1.22 bits per heavy atom. The molecular formula is C42H73N3O9. The van der Waals surface area contributed by atoms with Crippen molar-refractivity contribution in [3.63, 3.8) is 0 Å². The number of nitrogens with two attached hydrogens (primary N) is 1. The Kier molecular flexibility index (Phi) is 25.1. The molecular weight excluding hydrogens is 690 g/mol. The number of unbranched alkanes of at least 4 members (excludes halogenated alkanes) is 18. The molecule has 1 aromatic carbocycles. The maximum absolute atomic E-state index is 13.9. The quantitative estimate of drug-likeness (QED) is 0.0624. The molecule has 0 spiro atoms. The van der Waals surface area contributed by atoms with E-state index in [1.165, 1.54) is 82.5 Å². The van der Waals surface area contributed by atoms with Crippen molar-refractivity contribution >= 4 is 18.1 Å². The molecule has 1 aromatic rings. The lowest BCUT2D eigenvalue weighted by atomic mass is 9.93. The Morgan fingerprint density at radius 1 is 0.722 bits per heavy atom. The van der Waals surface area contributed by atoms with Gasteiger partial charge in [0.05, 0.1) is 19.3 Å². The summed E-state index contributed by atoms with van der Waals surface area (Å²) in [5, 5.41) is 32.6. The van der Waals surface area contributed by atoms with Gasteiger partial charge in [-0.25, -0.2) is 14.5 Å². The number of imide groups is 1. The van der Waals surface area contributed by atoms with Crippen LogP contribution < -0.4 is 5.73 Å². The van der Waals surface area contributed by atoms with Crippen LogP contribution in [0.3, 0.4) is 0 Å². The Balaban J connectivity index is 2.23. The van der Waals surface area contributed by atoms with Gasteiger partial charge in [-0.1, -0.05) is 160 Å². The summed E-state index contributed by atoms with van der Waals surface area (Å²) in [5.41, 5.74) is 6.66. The molecule has 2 rings (SSSR count). The van der Waals surface area contributed by atoms with E-state index in [2.05, 4.69) is 13.8 Å². The smallest absolute Gasteiger partial charge is 0.417 e. The lowest BCUT2D eigenvalue weighted by Crippen LogP contribution is -2.71. The second-order valence-corrected chi connectivity index (χ2v) is 14.9. The van der Waals surface area contributed by atoms with E-state index in [0.717, 1.165) is 44.9 Å². The molecule has 3 amide bonds. The summed E-state index contributed by atoms with van der Waals surface area (Å²) >= 11 is 0. The number of carbonyl (C=O) groups excluding carboxylic acids is 3. The number of aliphatic hydroxyl groups is 3. The number of hydrogen-bond acceptors (Lipinski definition) is 10. The first kappa shape index (κ1) is 47.4. The van der Waals surface area contributed by atoms with Crippen LogP contribution in [0.5, 0.6) is 0 Å². The van der Waals surface area contributed by atoms with Crippen LogP contribution in [0.15, 0.2) is 30.3 Å². The second kappa shape index (κ2) is 28.6. The summed E-state index contributed by atoms with van der Waals surface area (Å²) < 4.78 is 17.4. The zero-order valence-corrected chi connectivity index (χ0v) is 33.6. The van der Waals surface area contributed by atoms with Gasteiger partial charge in [0.15, 0.2) is 6.23 Å². The van der Waals surface area contributed by atoms with Crippen molar-refractivity contribution < 1.29 is 43.9 Å². The maximum atomic E-state index is 13.9. The molecule has 5 N–H and O–H groups in total. The summed E-state index contributed by atoms with van der Waals surface area (Å²) in [6.45, 7) is 5.25. The SMILES string of the molecule is CCCCCCCCCCCCOC(=O)N(CCCCCCCCCCCC)[C@@H]1O[C@H](CO)[C@@H](O)[C@H](O)[C@H]1N(C(=O)OCc1ccccc1)C(=O)[C@H](C)N. The largest absolute Gasteiger partial charge is 0.449 e. The maximum Gasteiger partial charge on any atom is 0.417 e. The molecule has 310 valence electrons. The highest BCUT2D eigenvalue weighted by Gasteiger charge is 2.53. The average Bonchev–Trinajstić information content (AvgIpc) is 3.17. The van der Waals surface area contributed by atoms with Crippen molar-refractivity contribution in [1.29, 1.82) is 0 Å². The standard InChI is InChI=1S/C42H73N3O9/c1-4-6-8-10-12-14-16-18-20-25-29-44(41(50)52-30-26-21-19-17-15-13-11-9-7-5-2)40-36(38(48)37(47)35(31-46)54-40)45(39(49)33(3)43)42(51)53-32-34-27-23-22-24-28-34/h22-24,27-28,33,35-38,40,46-48H,4-21,25-26,29-32,43H2,1-3H3/t33-,35+,36+,37+,38+,40+/m0/s1. The number of carbonyl (C=O) groups is 3. The van der Waals surface area contributed by atoms with E-state index in [-0.39, 0.29) is 19.8 Å². The number of benzene rings is 1. The average molecular weight is 764 g/mol. The molecule has 1 fully saturated rings. The second-order valence-electron chi connectivity index (χ2n) is 14.9. The summed E-state index contributed by atoms with van der Waals surface area (Å²) in [7, 11) is 0. The third-order valence-corrected chi connectivity index (χ3v) is 10.2. The molecule has 0 aromatic heterocycles. The lowest BCUT2D eigenvalue weighted by molar-refractivity contribution is -0.241. The third-order valence-electron chi connectivity index (χ3n) is 10.2. The topological polar surface area (TPSA) is 172 Å². The molecule has 1 aliphatic rings. The molecule has 0 saturated carbocycles. The van der Waals surface area contributed by atoms with Crippen molar-refractivity contribution in [3.8, 4) is 0 Å². The molecule has 0 radical (unpaired) electrons. The van der Waals surface area contributed by atoms with Crippen molar-refractivity contribution in [3.05, 3.63) is 35.9 Å². The van der Waals surface area contributed by atoms with Crippen LogP contribution in [0.25, 0.3) is 0 Å². The summed E-state index contributed by atoms with van der Waals surface area (Å²) in [6, 6.07) is 6.06. The van der Waals surface area contributed by atoms with Gasteiger partial charge in [0.2, 0.25) is 5.91 Å². The predicted octanol–water partition coefficient (Wildman–Crippen LogP) is 7.59. The molecule has 0 bridgehead atoms. The van der Waals surface area contributed by atoms with Gasteiger partial charge >= 0.3 is 12.2 Å². The van der Waals surface area contributed by atoms with E-state index in [1.807, 2.05) is 6.07 Å². The zero-order chi connectivity index (χ0) is 39.6. The monoisotopic (exact) mass is 764 g/mol. The fourth-order valence-electron chi connectivity index (χ4n) is 6.91. The van der Waals surface area contributed by atoms with Crippen LogP contribution in [0.1, 0.15) is 155 Å². The molecule has 54 heavy (non-hydrogen) atoms. The van der Waals surface area contributed by atoms with Crippen molar-refractivity contribution in [2.45, 2.75) is 192 Å². The fourth-order valence-corrected chi connectivity index (χ4v) is 6.91. The molecule has 1 aliphatic heterocycles. The first-order valence-corrected chi connectivity index (χ1v) is 21.0. The summed E-state index contributed by atoms with van der Waals surface area (Å²) in [6.07, 6.45) is 13.9. The minimum atomic E-state index is -1.81. The third kappa shape index (κ3) is 17.4. The van der Waals surface area contributed by atoms with Crippen molar-refractivity contribution in [1.82, 2.24) is 9.80 Å². The number of rotatable bonds is 28. The van der Waals surface area contributed by atoms with E-state index in [0.29, 0.717) is 23.3 Å². The van der Waals surface area contributed by atoms with E-state index < -0.39 is 61.3 Å². The van der Waals surface area contributed by atoms with Crippen LogP contribution in [0.4, 0.5) is 9.59 Å². The van der Waals surface area contributed by atoms with Crippen molar-refractivity contribution in [2.24, 2.45) is 5.73 Å². The van der Waals surface area contributed by atoms with E-state index in [4.69, 9.17) is 19.9 Å². The molecule has 1 heterocycles. The number of nitrogens with zero attached hydrogens (tertiary/aromatic N) is 2. The fraction of sp³-hybridized carbons (Fsp3) is 0.786. The number of amides is 3. The first-order valence-electron chi connectivity index (χ1n) is 21.0. The van der Waals surface area contributed by atoms with E-state index >= 15 is 0 Å². The van der Waals surface area contributed by atoms with Gasteiger partial charge in [-0.05, 0) is 25.3 Å². The van der Waals surface area contributed by atoms with Crippen molar-refractivity contribution in [2.75, 3.05) is 19.8 Å². The highest BCUT2D eigenvalue weighted by Crippen LogP contribution is 2.30. The van der Waals surface area contributed by atoms with E-state index in [9.17, 15) is 29.7 Å². The van der Waals surface area contributed by atoms with Gasteiger partial charge < -0.3 is 35.3 Å².